The van der Waals surface area contributed by atoms with Gasteiger partial charge < -0.3 is 15.1 Å². The number of guanidine groups is 1. The van der Waals surface area contributed by atoms with Gasteiger partial charge in [0.25, 0.3) is 0 Å². The number of benzene rings is 1. The number of nitrogens with zero attached hydrogens (tertiary/aromatic N) is 4. The monoisotopic (exact) mass is 457 g/mol. The van der Waals surface area contributed by atoms with Crippen LogP contribution in [0.4, 0.5) is 0 Å². The van der Waals surface area contributed by atoms with Crippen LogP contribution in [0.1, 0.15) is 31.9 Å². The quantitative estimate of drug-likeness (QED) is 0.388. The first-order valence-corrected chi connectivity index (χ1v) is 8.31. The predicted octanol–water partition coefficient (Wildman–Crippen LogP) is 2.44. The summed E-state index contributed by atoms with van der Waals surface area (Å²) in [5, 5.41) is 12.0. The van der Waals surface area contributed by atoms with Crippen molar-refractivity contribution in [2.45, 2.75) is 27.3 Å². The van der Waals surface area contributed by atoms with Crippen LogP contribution in [0.2, 0.25) is 0 Å². The third-order valence-corrected chi connectivity index (χ3v) is 3.68. The minimum atomic E-state index is 0. The molecule has 0 aromatic heterocycles. The first-order valence-electron chi connectivity index (χ1n) is 8.31. The number of carbonyl (C=O) groups excluding carboxylic acids is 1. The highest BCUT2D eigenvalue weighted by Gasteiger charge is 2.14. The fraction of sp³-hybridized carbons (Fsp3) is 0.500. The van der Waals surface area contributed by atoms with Crippen molar-refractivity contribution in [3.63, 3.8) is 0 Å². The van der Waals surface area contributed by atoms with E-state index in [4.69, 9.17) is 5.26 Å². The lowest BCUT2D eigenvalue weighted by Crippen LogP contribution is -2.45. The molecule has 0 unspecified atom stereocenters. The molecule has 0 aliphatic heterocycles. The van der Waals surface area contributed by atoms with Crippen molar-refractivity contribution in [1.82, 2.24) is 15.1 Å². The molecule has 25 heavy (non-hydrogen) atoms. The van der Waals surface area contributed by atoms with E-state index >= 15 is 0 Å². The molecule has 6 nitrogen and oxygen atoms in total. The van der Waals surface area contributed by atoms with Crippen molar-refractivity contribution in [3.8, 4) is 6.07 Å². The number of halogens is 1. The molecular formula is C18H28IN5O. The summed E-state index contributed by atoms with van der Waals surface area (Å²) >= 11 is 0. The first kappa shape index (κ1) is 23.2. The Kier molecular flexibility index (Phi) is 11.6. The predicted molar refractivity (Wildman–Crippen MR) is 112 cm³/mol. The Morgan fingerprint density at radius 3 is 2.28 bits per heavy atom. The Morgan fingerprint density at radius 1 is 1.20 bits per heavy atom. The number of hydrogen-bond acceptors (Lipinski definition) is 3. The molecule has 0 aliphatic carbocycles. The average Bonchev–Trinajstić information content (AvgIpc) is 2.60. The summed E-state index contributed by atoms with van der Waals surface area (Å²) in [5.41, 5.74) is 1.66. The normalized spacial score (nSPS) is 10.4. The Balaban J connectivity index is 0.00000576. The van der Waals surface area contributed by atoms with Crippen LogP contribution in [0.25, 0.3) is 0 Å². The van der Waals surface area contributed by atoms with E-state index in [1.54, 1.807) is 17.0 Å². The van der Waals surface area contributed by atoms with Crippen LogP contribution in [0.3, 0.4) is 0 Å². The SMILES string of the molecule is CCNC(=NCc1ccc(C#N)cc1)N(C)CC(=O)N(CC)CC.I. The number of nitrogens with one attached hydrogen (secondary N) is 1. The maximum absolute atomic E-state index is 12.2. The van der Waals surface area contributed by atoms with Gasteiger partial charge in [-0.15, -0.1) is 24.0 Å². The number of rotatable bonds is 7. The Labute approximate surface area is 167 Å². The van der Waals surface area contributed by atoms with Gasteiger partial charge in [-0.1, -0.05) is 12.1 Å². The van der Waals surface area contributed by atoms with E-state index in [0.717, 1.165) is 12.1 Å². The van der Waals surface area contributed by atoms with Gasteiger partial charge >= 0.3 is 0 Å². The fourth-order valence-corrected chi connectivity index (χ4v) is 2.27. The van der Waals surface area contributed by atoms with Crippen LogP contribution in [0, 0.1) is 11.3 Å². The second kappa shape index (κ2) is 12.5. The highest BCUT2D eigenvalue weighted by molar-refractivity contribution is 14.0. The summed E-state index contributed by atoms with van der Waals surface area (Å²) in [6.45, 7) is 8.90. The molecule has 0 spiro atoms. The molecule has 1 aromatic rings. The summed E-state index contributed by atoms with van der Waals surface area (Å²) < 4.78 is 0. The molecule has 0 atom stereocenters. The molecule has 1 amide bonds. The van der Waals surface area contributed by atoms with Crippen molar-refractivity contribution in [3.05, 3.63) is 35.4 Å². The highest BCUT2D eigenvalue weighted by Crippen LogP contribution is 2.05. The lowest BCUT2D eigenvalue weighted by atomic mass is 10.1. The van der Waals surface area contributed by atoms with Crippen LogP contribution in [-0.4, -0.2) is 54.9 Å². The molecule has 0 heterocycles. The Bertz CT molecular complexity index is 590. The number of carbonyl (C=O) groups is 1. The van der Waals surface area contributed by atoms with Crippen LogP contribution >= 0.6 is 24.0 Å². The average molecular weight is 457 g/mol. The lowest BCUT2D eigenvalue weighted by molar-refractivity contribution is -0.131. The molecule has 7 heteroatoms. The zero-order valence-electron chi connectivity index (χ0n) is 15.5. The second-order valence-electron chi connectivity index (χ2n) is 5.40. The molecule has 138 valence electrons. The minimum absolute atomic E-state index is 0. The Morgan fingerprint density at radius 2 is 1.80 bits per heavy atom. The van der Waals surface area contributed by atoms with Gasteiger partial charge in [-0.3, -0.25) is 4.79 Å². The number of hydrogen-bond donors (Lipinski definition) is 1. The molecule has 1 rings (SSSR count). The summed E-state index contributed by atoms with van der Waals surface area (Å²) in [6, 6.07) is 9.46. The molecule has 0 fully saturated rings. The Hall–Kier alpha value is -1.82. The second-order valence-corrected chi connectivity index (χ2v) is 5.40. The van der Waals surface area contributed by atoms with Gasteiger partial charge in [0.05, 0.1) is 24.7 Å². The summed E-state index contributed by atoms with van der Waals surface area (Å²) in [4.78, 5) is 20.5. The van der Waals surface area contributed by atoms with E-state index < -0.39 is 0 Å². The van der Waals surface area contributed by atoms with Crippen molar-refractivity contribution in [1.29, 1.82) is 5.26 Å². The number of nitriles is 1. The van der Waals surface area contributed by atoms with Crippen LogP contribution in [-0.2, 0) is 11.3 Å². The van der Waals surface area contributed by atoms with Gasteiger partial charge in [0.1, 0.15) is 0 Å². The van der Waals surface area contributed by atoms with Gasteiger partial charge in [0, 0.05) is 26.7 Å². The fourth-order valence-electron chi connectivity index (χ4n) is 2.27. The van der Waals surface area contributed by atoms with Gasteiger partial charge in [0.15, 0.2) is 5.96 Å². The van der Waals surface area contributed by atoms with Gasteiger partial charge in [-0.2, -0.15) is 5.26 Å². The van der Waals surface area contributed by atoms with E-state index in [1.165, 1.54) is 0 Å². The third-order valence-electron chi connectivity index (χ3n) is 3.68. The van der Waals surface area contributed by atoms with Crippen molar-refractivity contribution >= 4 is 35.8 Å². The molecule has 0 saturated carbocycles. The lowest BCUT2D eigenvalue weighted by Gasteiger charge is -2.25. The molecule has 0 aliphatic rings. The summed E-state index contributed by atoms with van der Waals surface area (Å²) in [7, 11) is 1.86. The van der Waals surface area contributed by atoms with Crippen molar-refractivity contribution in [2.24, 2.45) is 4.99 Å². The van der Waals surface area contributed by atoms with Crippen molar-refractivity contribution in [2.75, 3.05) is 33.2 Å². The van der Waals surface area contributed by atoms with E-state index in [2.05, 4.69) is 16.4 Å². The van der Waals surface area contributed by atoms with Gasteiger partial charge in [-0.25, -0.2) is 4.99 Å². The van der Waals surface area contributed by atoms with Crippen LogP contribution in [0.5, 0.6) is 0 Å². The third kappa shape index (κ3) is 7.73. The number of aliphatic imine (C=N–C) groups is 1. The van der Waals surface area contributed by atoms with Gasteiger partial charge in [0.2, 0.25) is 5.91 Å². The molecule has 0 saturated heterocycles. The largest absolute Gasteiger partial charge is 0.357 e. The molecular weight excluding hydrogens is 429 g/mol. The molecule has 1 N–H and O–H groups in total. The molecule has 1 aromatic carbocycles. The van der Waals surface area contributed by atoms with E-state index in [1.807, 2.05) is 44.9 Å². The maximum atomic E-state index is 12.2. The van der Waals surface area contributed by atoms with Crippen LogP contribution in [0.15, 0.2) is 29.3 Å². The zero-order valence-corrected chi connectivity index (χ0v) is 17.8. The summed E-state index contributed by atoms with van der Waals surface area (Å²) in [5.74, 6) is 0.786. The number of amides is 1. The van der Waals surface area contributed by atoms with E-state index in [9.17, 15) is 4.79 Å². The van der Waals surface area contributed by atoms with Gasteiger partial charge in [-0.05, 0) is 38.5 Å². The van der Waals surface area contributed by atoms with Crippen LogP contribution < -0.4 is 5.32 Å². The highest BCUT2D eigenvalue weighted by atomic mass is 127. The van der Waals surface area contributed by atoms with E-state index in [-0.39, 0.29) is 29.9 Å². The maximum Gasteiger partial charge on any atom is 0.242 e. The topological polar surface area (TPSA) is 71.7 Å². The zero-order chi connectivity index (χ0) is 17.9. The van der Waals surface area contributed by atoms with E-state index in [0.29, 0.717) is 37.7 Å². The standard InChI is InChI=1S/C18H27N5O.HI/c1-5-20-18(22(4)14-17(24)23(6-2)7-3)21-13-16-10-8-15(12-19)9-11-16;/h8-11H,5-7,13-14H2,1-4H3,(H,20,21);1H. The molecule has 0 radical (unpaired) electrons. The summed E-state index contributed by atoms with van der Waals surface area (Å²) in [6.07, 6.45) is 0. The molecule has 0 bridgehead atoms. The van der Waals surface area contributed by atoms with Crippen molar-refractivity contribution < 1.29 is 4.79 Å². The first-order chi connectivity index (χ1) is 11.5. The number of likely N-dealkylation sites (N-methyl/N-ethyl adjacent to an activating group) is 2. The minimum Gasteiger partial charge on any atom is -0.357 e. The smallest absolute Gasteiger partial charge is 0.242 e.